The minimum Gasteiger partial charge on any atom is -0.0616 e. The minimum absolute atomic E-state index is 1.22. The van der Waals surface area contributed by atoms with Crippen LogP contribution in [0.4, 0.5) is 0 Å². The molecule has 232 valence electrons. The number of benzene rings is 10. The molecule has 50 heavy (non-hydrogen) atoms. The minimum atomic E-state index is 1.22. The van der Waals surface area contributed by atoms with Crippen LogP contribution in [0, 0.1) is 0 Å². The first-order valence-corrected chi connectivity index (χ1v) is 17.3. The van der Waals surface area contributed by atoms with Crippen molar-refractivity contribution < 1.29 is 0 Å². The second kappa shape index (κ2) is 11.6. The van der Waals surface area contributed by atoms with Crippen LogP contribution >= 0.6 is 0 Å². The number of hydrogen-bond donors (Lipinski definition) is 0. The molecule has 0 aliphatic carbocycles. The second-order valence-electron chi connectivity index (χ2n) is 13.2. The zero-order valence-electron chi connectivity index (χ0n) is 27.5. The van der Waals surface area contributed by atoms with Crippen LogP contribution in [0.3, 0.4) is 0 Å². The molecule has 10 rings (SSSR count). The fraction of sp³-hybridized carbons (Fsp3) is 0. The van der Waals surface area contributed by atoms with Crippen LogP contribution < -0.4 is 0 Å². The van der Waals surface area contributed by atoms with Gasteiger partial charge in [-0.2, -0.15) is 0 Å². The SMILES string of the molecule is c1cc(-c2ccc3ccc4ccccc4c3c2)cc(-c2c3ccccc3c(-c3ccc(-c4cccc5ccccc45)cc3)c3ccccc23)c1. The Morgan fingerprint density at radius 2 is 0.620 bits per heavy atom. The summed E-state index contributed by atoms with van der Waals surface area (Å²) < 4.78 is 0. The maximum Gasteiger partial charge on any atom is -0.00262 e. The molecule has 0 nitrogen and oxygen atoms in total. The van der Waals surface area contributed by atoms with Crippen LogP contribution in [0.25, 0.3) is 98.4 Å². The fourth-order valence-corrected chi connectivity index (χ4v) is 8.08. The summed E-state index contributed by atoms with van der Waals surface area (Å²) in [6.07, 6.45) is 0. The molecule has 0 saturated carbocycles. The summed E-state index contributed by atoms with van der Waals surface area (Å²) in [5, 5.41) is 12.7. The predicted octanol–water partition coefficient (Wildman–Crippen LogP) is 14.1. The zero-order valence-corrected chi connectivity index (χ0v) is 27.5. The van der Waals surface area contributed by atoms with Crippen molar-refractivity contribution in [1.29, 1.82) is 0 Å². The third kappa shape index (κ3) is 4.61. The molecular weight excluding hydrogens is 601 g/mol. The van der Waals surface area contributed by atoms with Crippen molar-refractivity contribution in [1.82, 2.24) is 0 Å². The molecule has 0 bridgehead atoms. The topological polar surface area (TPSA) is 0 Å². The van der Waals surface area contributed by atoms with E-state index in [1.807, 2.05) is 0 Å². The van der Waals surface area contributed by atoms with Crippen LogP contribution in [-0.2, 0) is 0 Å². The molecule has 0 fully saturated rings. The quantitative estimate of drug-likeness (QED) is 0.134. The first kappa shape index (κ1) is 28.5. The molecule has 0 N–H and O–H groups in total. The van der Waals surface area contributed by atoms with E-state index in [1.54, 1.807) is 0 Å². The van der Waals surface area contributed by atoms with Crippen molar-refractivity contribution in [2.45, 2.75) is 0 Å². The summed E-state index contributed by atoms with van der Waals surface area (Å²) in [7, 11) is 0. The van der Waals surface area contributed by atoms with Gasteiger partial charge >= 0.3 is 0 Å². The van der Waals surface area contributed by atoms with Gasteiger partial charge in [0.25, 0.3) is 0 Å². The fourth-order valence-electron chi connectivity index (χ4n) is 8.08. The van der Waals surface area contributed by atoms with Crippen LogP contribution in [0.2, 0.25) is 0 Å². The predicted molar refractivity (Wildman–Crippen MR) is 216 cm³/mol. The summed E-state index contributed by atoms with van der Waals surface area (Å²) in [6.45, 7) is 0. The molecule has 0 aromatic heterocycles. The first-order chi connectivity index (χ1) is 24.8. The molecule has 0 heterocycles. The first-order valence-electron chi connectivity index (χ1n) is 17.3. The molecule has 0 unspecified atom stereocenters. The molecule has 0 radical (unpaired) electrons. The average Bonchev–Trinajstić information content (AvgIpc) is 3.19. The molecule has 10 aromatic carbocycles. The molecule has 10 aromatic rings. The van der Waals surface area contributed by atoms with Gasteiger partial charge in [-0.05, 0) is 111 Å². The Kier molecular flexibility index (Phi) is 6.60. The van der Waals surface area contributed by atoms with Crippen molar-refractivity contribution in [2.75, 3.05) is 0 Å². The molecule has 0 heteroatoms. The Balaban J connectivity index is 1.14. The normalized spacial score (nSPS) is 11.6. The van der Waals surface area contributed by atoms with Gasteiger partial charge in [-0.25, -0.2) is 0 Å². The third-order valence-corrected chi connectivity index (χ3v) is 10.4. The van der Waals surface area contributed by atoms with E-state index in [0.717, 1.165) is 0 Å². The summed E-state index contributed by atoms with van der Waals surface area (Å²) in [4.78, 5) is 0. The van der Waals surface area contributed by atoms with Crippen LogP contribution in [0.15, 0.2) is 194 Å². The van der Waals surface area contributed by atoms with Gasteiger partial charge in [0, 0.05) is 0 Å². The third-order valence-electron chi connectivity index (χ3n) is 10.4. The van der Waals surface area contributed by atoms with E-state index in [2.05, 4.69) is 194 Å². The summed E-state index contributed by atoms with van der Waals surface area (Å²) in [6, 6.07) is 71.3. The second-order valence-corrected chi connectivity index (χ2v) is 13.2. The number of hydrogen-bond acceptors (Lipinski definition) is 0. The van der Waals surface area contributed by atoms with Gasteiger partial charge in [0.05, 0.1) is 0 Å². The highest BCUT2D eigenvalue weighted by Crippen LogP contribution is 2.45. The van der Waals surface area contributed by atoms with E-state index >= 15 is 0 Å². The summed E-state index contributed by atoms with van der Waals surface area (Å²) >= 11 is 0. The van der Waals surface area contributed by atoms with E-state index in [-0.39, 0.29) is 0 Å². The molecule has 0 atom stereocenters. The largest absolute Gasteiger partial charge is 0.0616 e. The smallest absolute Gasteiger partial charge is 0.00262 e. The Morgan fingerprint density at radius 3 is 1.30 bits per heavy atom. The van der Waals surface area contributed by atoms with Gasteiger partial charge < -0.3 is 0 Å². The maximum atomic E-state index is 2.37. The highest BCUT2D eigenvalue weighted by Gasteiger charge is 2.17. The molecule has 0 saturated heterocycles. The lowest BCUT2D eigenvalue weighted by molar-refractivity contribution is 1.62. The van der Waals surface area contributed by atoms with Gasteiger partial charge in [-0.3, -0.25) is 0 Å². The Bertz CT molecular complexity index is 2850. The molecular formula is C50H32. The van der Waals surface area contributed by atoms with E-state index in [4.69, 9.17) is 0 Å². The van der Waals surface area contributed by atoms with Gasteiger partial charge in [-0.1, -0.05) is 182 Å². The van der Waals surface area contributed by atoms with E-state index in [9.17, 15) is 0 Å². The lowest BCUT2D eigenvalue weighted by atomic mass is 9.85. The van der Waals surface area contributed by atoms with Gasteiger partial charge in [-0.15, -0.1) is 0 Å². The van der Waals surface area contributed by atoms with E-state index in [1.165, 1.54) is 98.4 Å². The van der Waals surface area contributed by atoms with Crippen molar-refractivity contribution in [3.05, 3.63) is 194 Å². The summed E-state index contributed by atoms with van der Waals surface area (Å²) in [5.41, 5.74) is 9.96. The number of fused-ring (bicyclic) bond motifs is 6. The van der Waals surface area contributed by atoms with Crippen molar-refractivity contribution in [3.8, 4) is 44.5 Å². The van der Waals surface area contributed by atoms with E-state index in [0.29, 0.717) is 0 Å². The van der Waals surface area contributed by atoms with Crippen molar-refractivity contribution in [3.63, 3.8) is 0 Å². The highest BCUT2D eigenvalue weighted by atomic mass is 14.2. The standard InChI is InChI=1S/C50H32/c1-3-16-41-33(11-1)13-10-22-42(41)35-25-28-37(29-26-35)49-44-18-5-7-20-46(44)50(47-21-8-6-19-45(47)49)40-15-9-14-38(31-40)39-30-27-36-24-23-34-12-2-4-17-43(34)48(36)32-39/h1-32H. The molecule has 0 aliphatic heterocycles. The molecule has 0 spiro atoms. The Labute approximate surface area is 291 Å². The molecule has 0 amide bonds. The molecule has 0 aliphatic rings. The Hall–Kier alpha value is -6.50. The zero-order chi connectivity index (χ0) is 33.0. The number of rotatable bonds is 4. The van der Waals surface area contributed by atoms with E-state index < -0.39 is 0 Å². The Morgan fingerprint density at radius 1 is 0.200 bits per heavy atom. The van der Waals surface area contributed by atoms with Crippen LogP contribution in [-0.4, -0.2) is 0 Å². The van der Waals surface area contributed by atoms with Crippen LogP contribution in [0.5, 0.6) is 0 Å². The average molecular weight is 633 g/mol. The summed E-state index contributed by atoms with van der Waals surface area (Å²) in [5.74, 6) is 0. The van der Waals surface area contributed by atoms with Crippen molar-refractivity contribution in [2.24, 2.45) is 0 Å². The lowest BCUT2D eigenvalue weighted by Crippen LogP contribution is -1.91. The van der Waals surface area contributed by atoms with Gasteiger partial charge in [0.1, 0.15) is 0 Å². The van der Waals surface area contributed by atoms with Gasteiger partial charge in [0.2, 0.25) is 0 Å². The maximum absolute atomic E-state index is 2.37. The van der Waals surface area contributed by atoms with Crippen molar-refractivity contribution >= 4 is 53.9 Å². The highest BCUT2D eigenvalue weighted by molar-refractivity contribution is 6.21. The van der Waals surface area contributed by atoms with Crippen LogP contribution in [0.1, 0.15) is 0 Å². The monoisotopic (exact) mass is 632 g/mol. The lowest BCUT2D eigenvalue weighted by Gasteiger charge is -2.18. The van der Waals surface area contributed by atoms with Gasteiger partial charge in [0.15, 0.2) is 0 Å².